The molecule has 4 rings (SSSR count). The number of halogens is 3. The first-order chi connectivity index (χ1) is 13.9. The smallest absolute Gasteiger partial charge is 0.229 e. The maximum atomic E-state index is 13.8. The average Bonchev–Trinajstić information content (AvgIpc) is 3.09. The number of amides is 1. The number of aryl methyl sites for hydroxylation is 1. The Hall–Kier alpha value is -3.32. The van der Waals surface area contributed by atoms with Crippen molar-refractivity contribution in [3.63, 3.8) is 0 Å². The van der Waals surface area contributed by atoms with Crippen LogP contribution in [0.2, 0.25) is 5.02 Å². The van der Waals surface area contributed by atoms with Gasteiger partial charge in [-0.2, -0.15) is 0 Å². The molecule has 8 heteroatoms. The molecule has 2 heterocycles. The number of hydrogen-bond acceptors (Lipinski definition) is 3. The standard InChI is InChI=1S/C21H15ClF2N4O/c1-11-7-18-21(25-10-11)28-20(27-18)13-8-12(5-6-15(13)22)26-19(29)9-14-16(23)3-2-4-17(14)24/h2-8,10H,9H2,1H3,(H,26,29)(H,25,27,28). The number of H-pyrrole nitrogens is 1. The Morgan fingerprint density at radius 1 is 1.17 bits per heavy atom. The number of anilines is 1. The number of nitrogens with one attached hydrogen (secondary N) is 2. The topological polar surface area (TPSA) is 70.7 Å². The van der Waals surface area contributed by atoms with Gasteiger partial charge in [0.15, 0.2) is 5.65 Å². The van der Waals surface area contributed by atoms with Crippen molar-refractivity contribution < 1.29 is 13.6 Å². The molecular formula is C21H15ClF2N4O. The molecule has 0 atom stereocenters. The van der Waals surface area contributed by atoms with Gasteiger partial charge in [-0.05, 0) is 48.9 Å². The number of imidazole rings is 1. The van der Waals surface area contributed by atoms with Crippen LogP contribution in [-0.2, 0) is 11.2 Å². The predicted molar refractivity (Wildman–Crippen MR) is 108 cm³/mol. The zero-order valence-electron chi connectivity index (χ0n) is 15.3. The maximum Gasteiger partial charge on any atom is 0.229 e. The number of hydrogen-bond donors (Lipinski definition) is 2. The quantitative estimate of drug-likeness (QED) is 0.493. The Morgan fingerprint density at radius 2 is 1.93 bits per heavy atom. The van der Waals surface area contributed by atoms with Gasteiger partial charge in [-0.25, -0.2) is 18.7 Å². The van der Waals surface area contributed by atoms with E-state index in [4.69, 9.17) is 11.6 Å². The van der Waals surface area contributed by atoms with E-state index in [1.165, 1.54) is 6.07 Å². The van der Waals surface area contributed by atoms with Crippen LogP contribution >= 0.6 is 11.6 Å². The van der Waals surface area contributed by atoms with Crippen LogP contribution in [-0.4, -0.2) is 20.9 Å². The largest absolute Gasteiger partial charge is 0.337 e. The number of pyridine rings is 1. The van der Waals surface area contributed by atoms with E-state index in [1.54, 1.807) is 24.4 Å². The van der Waals surface area contributed by atoms with Gasteiger partial charge in [0.25, 0.3) is 0 Å². The minimum atomic E-state index is -0.762. The van der Waals surface area contributed by atoms with Gasteiger partial charge in [-0.3, -0.25) is 4.79 Å². The summed E-state index contributed by atoms with van der Waals surface area (Å²) in [6.45, 7) is 1.93. The van der Waals surface area contributed by atoms with Crippen LogP contribution in [0.25, 0.3) is 22.6 Å². The zero-order valence-corrected chi connectivity index (χ0v) is 16.0. The number of aromatic nitrogens is 3. The lowest BCUT2D eigenvalue weighted by Gasteiger charge is -2.09. The number of benzene rings is 2. The normalized spacial score (nSPS) is 11.0. The molecule has 2 aromatic carbocycles. The number of aromatic amines is 1. The van der Waals surface area contributed by atoms with E-state index in [0.29, 0.717) is 27.7 Å². The lowest BCUT2D eigenvalue weighted by molar-refractivity contribution is -0.115. The minimum absolute atomic E-state index is 0.280. The number of nitrogens with zero attached hydrogens (tertiary/aromatic N) is 2. The van der Waals surface area contributed by atoms with E-state index < -0.39 is 24.0 Å². The summed E-state index contributed by atoms with van der Waals surface area (Å²) in [5.41, 5.74) is 3.01. The summed E-state index contributed by atoms with van der Waals surface area (Å²) in [6.07, 6.45) is 1.29. The van der Waals surface area contributed by atoms with Crippen LogP contribution in [0.5, 0.6) is 0 Å². The molecular weight excluding hydrogens is 398 g/mol. The van der Waals surface area contributed by atoms with E-state index in [9.17, 15) is 13.6 Å². The highest BCUT2D eigenvalue weighted by molar-refractivity contribution is 6.33. The summed E-state index contributed by atoms with van der Waals surface area (Å²) >= 11 is 6.31. The second kappa shape index (κ2) is 7.60. The summed E-state index contributed by atoms with van der Waals surface area (Å²) < 4.78 is 27.5. The second-order valence-corrected chi connectivity index (χ2v) is 7.00. The van der Waals surface area contributed by atoms with Crippen LogP contribution in [0.4, 0.5) is 14.5 Å². The first kappa shape index (κ1) is 19.0. The first-order valence-corrected chi connectivity index (χ1v) is 9.13. The summed E-state index contributed by atoms with van der Waals surface area (Å²) in [7, 11) is 0. The number of fused-ring (bicyclic) bond motifs is 1. The third-order valence-electron chi connectivity index (χ3n) is 4.38. The molecule has 2 aromatic heterocycles. The average molecular weight is 413 g/mol. The van der Waals surface area contributed by atoms with Crippen LogP contribution < -0.4 is 5.32 Å². The Labute approximate surface area is 169 Å². The molecule has 0 bridgehead atoms. The fourth-order valence-electron chi connectivity index (χ4n) is 2.98. The SMILES string of the molecule is Cc1cnc2nc(-c3cc(NC(=O)Cc4c(F)cccc4F)ccc3Cl)[nH]c2c1. The van der Waals surface area contributed by atoms with Gasteiger partial charge < -0.3 is 10.3 Å². The van der Waals surface area contributed by atoms with Gasteiger partial charge in [0.05, 0.1) is 17.0 Å². The fourth-order valence-corrected chi connectivity index (χ4v) is 3.19. The van der Waals surface area contributed by atoms with Crippen molar-refractivity contribution in [2.45, 2.75) is 13.3 Å². The van der Waals surface area contributed by atoms with Gasteiger partial charge in [0.2, 0.25) is 5.91 Å². The first-order valence-electron chi connectivity index (χ1n) is 8.76. The van der Waals surface area contributed by atoms with Gasteiger partial charge in [0, 0.05) is 23.0 Å². The van der Waals surface area contributed by atoms with Crippen molar-refractivity contribution in [3.05, 3.63) is 76.4 Å². The van der Waals surface area contributed by atoms with E-state index >= 15 is 0 Å². The van der Waals surface area contributed by atoms with Gasteiger partial charge >= 0.3 is 0 Å². The van der Waals surface area contributed by atoms with Crippen LogP contribution in [0.15, 0.2) is 48.7 Å². The van der Waals surface area contributed by atoms with E-state index in [0.717, 1.165) is 23.2 Å². The van der Waals surface area contributed by atoms with Crippen molar-refractivity contribution in [2.75, 3.05) is 5.32 Å². The number of carbonyl (C=O) groups is 1. The van der Waals surface area contributed by atoms with E-state index in [2.05, 4.69) is 20.3 Å². The zero-order chi connectivity index (χ0) is 20.5. The summed E-state index contributed by atoms with van der Waals surface area (Å²) in [4.78, 5) is 24.1. The molecule has 0 aliphatic heterocycles. The van der Waals surface area contributed by atoms with Gasteiger partial charge in [-0.15, -0.1) is 0 Å². The second-order valence-electron chi connectivity index (χ2n) is 6.59. The van der Waals surface area contributed by atoms with Gasteiger partial charge in [0.1, 0.15) is 17.5 Å². The van der Waals surface area contributed by atoms with E-state index in [-0.39, 0.29) is 5.56 Å². The number of rotatable bonds is 4. The Balaban J connectivity index is 1.60. The van der Waals surface area contributed by atoms with Crippen LogP contribution in [0, 0.1) is 18.6 Å². The third-order valence-corrected chi connectivity index (χ3v) is 4.71. The molecule has 0 saturated carbocycles. The molecule has 0 saturated heterocycles. The maximum absolute atomic E-state index is 13.8. The molecule has 0 radical (unpaired) electrons. The molecule has 4 aromatic rings. The lowest BCUT2D eigenvalue weighted by atomic mass is 10.1. The summed E-state index contributed by atoms with van der Waals surface area (Å²) in [5, 5.41) is 3.07. The van der Waals surface area contributed by atoms with E-state index in [1.807, 2.05) is 13.0 Å². The molecule has 0 aliphatic carbocycles. The molecule has 2 N–H and O–H groups in total. The van der Waals surface area contributed by atoms with Crippen molar-refractivity contribution >= 4 is 34.4 Å². The fraction of sp³-hybridized carbons (Fsp3) is 0.0952. The highest BCUT2D eigenvalue weighted by atomic mass is 35.5. The van der Waals surface area contributed by atoms with Crippen LogP contribution in [0.3, 0.4) is 0 Å². The monoisotopic (exact) mass is 412 g/mol. The molecule has 0 spiro atoms. The Morgan fingerprint density at radius 3 is 2.69 bits per heavy atom. The molecule has 0 aliphatic rings. The Kier molecular flexibility index (Phi) is 4.98. The molecule has 5 nitrogen and oxygen atoms in total. The molecule has 146 valence electrons. The van der Waals surface area contributed by atoms with Crippen molar-refractivity contribution in [2.24, 2.45) is 0 Å². The van der Waals surface area contributed by atoms with Crippen LogP contribution in [0.1, 0.15) is 11.1 Å². The third kappa shape index (κ3) is 3.95. The highest BCUT2D eigenvalue weighted by Crippen LogP contribution is 2.30. The highest BCUT2D eigenvalue weighted by Gasteiger charge is 2.15. The van der Waals surface area contributed by atoms with Gasteiger partial charge in [-0.1, -0.05) is 17.7 Å². The molecule has 29 heavy (non-hydrogen) atoms. The lowest BCUT2D eigenvalue weighted by Crippen LogP contribution is -2.16. The van der Waals surface area contributed by atoms with Crippen molar-refractivity contribution in [3.8, 4) is 11.4 Å². The molecule has 0 unspecified atom stereocenters. The molecule has 1 amide bonds. The summed E-state index contributed by atoms with van der Waals surface area (Å²) in [5.74, 6) is -1.58. The minimum Gasteiger partial charge on any atom is -0.337 e. The number of carbonyl (C=O) groups excluding carboxylic acids is 1. The Bertz CT molecular complexity index is 1220. The predicted octanol–water partition coefficient (Wildman–Crippen LogP) is 5.05. The van der Waals surface area contributed by atoms with Crippen molar-refractivity contribution in [1.82, 2.24) is 15.0 Å². The molecule has 0 fully saturated rings. The van der Waals surface area contributed by atoms with Crippen molar-refractivity contribution in [1.29, 1.82) is 0 Å². The summed E-state index contributed by atoms with van der Waals surface area (Å²) in [6, 6.07) is 10.3.